The van der Waals surface area contributed by atoms with E-state index in [1.165, 1.54) is 6.07 Å². The van der Waals surface area contributed by atoms with Crippen molar-refractivity contribution in [2.24, 2.45) is 0 Å². The second-order valence-electron chi connectivity index (χ2n) is 5.09. The number of hydrogen-bond acceptors (Lipinski definition) is 4. The van der Waals surface area contributed by atoms with Crippen molar-refractivity contribution in [2.45, 2.75) is 19.8 Å². The number of aromatic nitrogens is 1. The van der Waals surface area contributed by atoms with Crippen molar-refractivity contribution < 1.29 is 18.3 Å². The molecule has 0 atom stereocenters. The number of amides is 2. The van der Waals surface area contributed by atoms with Crippen LogP contribution in [-0.2, 0) is 6.42 Å². The first-order valence-corrected chi connectivity index (χ1v) is 8.43. The third-order valence-corrected chi connectivity index (χ3v) is 4.09. The molecule has 2 aromatic rings. The number of ether oxygens (including phenoxy) is 1. The Morgan fingerprint density at radius 1 is 1.25 bits per heavy atom. The van der Waals surface area contributed by atoms with Gasteiger partial charge in [-0.1, -0.05) is 0 Å². The first-order valence-electron chi connectivity index (χ1n) is 7.55. The van der Waals surface area contributed by atoms with Crippen molar-refractivity contribution in [3.05, 3.63) is 45.9 Å². The van der Waals surface area contributed by atoms with Gasteiger partial charge in [0.15, 0.2) is 11.6 Å². The van der Waals surface area contributed by atoms with Crippen molar-refractivity contribution in [1.29, 1.82) is 0 Å². The lowest BCUT2D eigenvalue weighted by atomic mass is 10.3. The van der Waals surface area contributed by atoms with Crippen LogP contribution in [0, 0.1) is 18.6 Å². The predicted octanol–water partition coefficient (Wildman–Crippen LogP) is 3.04. The monoisotopic (exact) mass is 355 g/mol. The summed E-state index contributed by atoms with van der Waals surface area (Å²) in [5.74, 6) is -1.67. The van der Waals surface area contributed by atoms with Crippen LogP contribution >= 0.6 is 11.3 Å². The molecule has 0 bridgehead atoms. The maximum atomic E-state index is 13.0. The Morgan fingerprint density at radius 3 is 2.75 bits per heavy atom. The third kappa shape index (κ3) is 6.11. The molecule has 0 unspecified atom stereocenters. The molecule has 0 aliphatic heterocycles. The molecule has 0 aliphatic rings. The van der Waals surface area contributed by atoms with Crippen LogP contribution in [0.3, 0.4) is 0 Å². The van der Waals surface area contributed by atoms with Crippen molar-refractivity contribution in [3.63, 3.8) is 0 Å². The Balaban J connectivity index is 1.54. The number of halogens is 2. The summed E-state index contributed by atoms with van der Waals surface area (Å²) in [6.45, 7) is 2.93. The molecular formula is C16H19F2N3O2S. The van der Waals surface area contributed by atoms with Gasteiger partial charge in [0.1, 0.15) is 12.4 Å². The fourth-order valence-electron chi connectivity index (χ4n) is 1.92. The molecule has 0 saturated heterocycles. The average molecular weight is 355 g/mol. The molecule has 0 saturated carbocycles. The molecule has 1 aromatic heterocycles. The minimum atomic E-state index is -0.964. The van der Waals surface area contributed by atoms with E-state index in [4.69, 9.17) is 4.74 Å². The van der Waals surface area contributed by atoms with Crippen molar-refractivity contribution in [2.75, 3.05) is 19.7 Å². The molecule has 0 spiro atoms. The molecule has 2 amide bonds. The van der Waals surface area contributed by atoms with Gasteiger partial charge in [-0.2, -0.15) is 0 Å². The molecule has 130 valence electrons. The quantitative estimate of drug-likeness (QED) is 0.716. The Labute approximate surface area is 143 Å². The molecule has 0 fully saturated rings. The highest BCUT2D eigenvalue weighted by Crippen LogP contribution is 2.15. The fraction of sp³-hybridized carbons (Fsp3) is 0.375. The van der Waals surface area contributed by atoms with E-state index in [9.17, 15) is 13.6 Å². The molecule has 8 heteroatoms. The van der Waals surface area contributed by atoms with Gasteiger partial charge < -0.3 is 15.4 Å². The maximum Gasteiger partial charge on any atom is 0.314 e. The number of aryl methyl sites for hydroxylation is 2. The number of urea groups is 1. The lowest BCUT2D eigenvalue weighted by molar-refractivity contribution is 0.236. The third-order valence-electron chi connectivity index (χ3n) is 3.07. The molecule has 5 nitrogen and oxygen atoms in total. The molecule has 0 radical (unpaired) electrons. The predicted molar refractivity (Wildman–Crippen MR) is 88.4 cm³/mol. The van der Waals surface area contributed by atoms with Gasteiger partial charge in [0.05, 0.1) is 11.6 Å². The SMILES string of the molecule is Cc1csc(CCCNC(=O)NCCOc2ccc(F)c(F)c2)n1. The summed E-state index contributed by atoms with van der Waals surface area (Å²) in [6, 6.07) is 3.00. The fourth-order valence-corrected chi connectivity index (χ4v) is 2.74. The molecule has 1 aromatic carbocycles. The van der Waals surface area contributed by atoms with E-state index < -0.39 is 11.6 Å². The van der Waals surface area contributed by atoms with Crippen LogP contribution in [0.2, 0.25) is 0 Å². The zero-order chi connectivity index (χ0) is 17.4. The summed E-state index contributed by atoms with van der Waals surface area (Å²) in [7, 11) is 0. The van der Waals surface area contributed by atoms with Crippen molar-refractivity contribution in [1.82, 2.24) is 15.6 Å². The van der Waals surface area contributed by atoms with E-state index in [2.05, 4.69) is 15.6 Å². The summed E-state index contributed by atoms with van der Waals surface area (Å²) < 4.78 is 30.9. The van der Waals surface area contributed by atoms with Gasteiger partial charge in [0, 0.05) is 30.1 Å². The largest absolute Gasteiger partial charge is 0.492 e. The number of nitrogens with zero attached hydrogens (tertiary/aromatic N) is 1. The second-order valence-corrected chi connectivity index (χ2v) is 6.04. The van der Waals surface area contributed by atoms with E-state index in [-0.39, 0.29) is 24.9 Å². The van der Waals surface area contributed by atoms with Gasteiger partial charge in [-0.05, 0) is 25.5 Å². The van der Waals surface area contributed by atoms with Gasteiger partial charge in [0.25, 0.3) is 0 Å². The van der Waals surface area contributed by atoms with Crippen LogP contribution < -0.4 is 15.4 Å². The van der Waals surface area contributed by atoms with Crippen LogP contribution in [0.1, 0.15) is 17.1 Å². The lowest BCUT2D eigenvalue weighted by Crippen LogP contribution is -2.38. The molecule has 1 heterocycles. The normalized spacial score (nSPS) is 10.5. The van der Waals surface area contributed by atoms with Gasteiger partial charge in [-0.3, -0.25) is 0 Å². The number of nitrogens with one attached hydrogen (secondary N) is 2. The first kappa shape index (κ1) is 18.1. The smallest absolute Gasteiger partial charge is 0.314 e. The number of carbonyl (C=O) groups is 1. The summed E-state index contributed by atoms with van der Waals surface area (Å²) in [5, 5.41) is 8.43. The topological polar surface area (TPSA) is 63.2 Å². The summed E-state index contributed by atoms with van der Waals surface area (Å²) in [4.78, 5) is 15.9. The van der Waals surface area contributed by atoms with Gasteiger partial charge >= 0.3 is 6.03 Å². The zero-order valence-corrected chi connectivity index (χ0v) is 14.1. The van der Waals surface area contributed by atoms with Crippen LogP contribution in [0.5, 0.6) is 5.75 Å². The molecule has 24 heavy (non-hydrogen) atoms. The Bertz CT molecular complexity index is 679. The highest BCUT2D eigenvalue weighted by molar-refractivity contribution is 7.09. The maximum absolute atomic E-state index is 13.0. The van der Waals surface area contributed by atoms with Crippen molar-refractivity contribution in [3.8, 4) is 5.75 Å². The number of hydrogen-bond donors (Lipinski definition) is 2. The standard InChI is InChI=1S/C16H19F2N3O2S/c1-11-10-24-15(21-11)3-2-6-19-16(22)20-7-8-23-12-4-5-13(17)14(18)9-12/h4-5,9-10H,2-3,6-8H2,1H3,(H2,19,20,22). The van der Waals surface area contributed by atoms with Crippen LogP contribution in [-0.4, -0.2) is 30.7 Å². The molecule has 2 N–H and O–H groups in total. The highest BCUT2D eigenvalue weighted by atomic mass is 32.1. The number of thiazole rings is 1. The number of benzene rings is 1. The first-order chi connectivity index (χ1) is 11.5. The van der Waals surface area contributed by atoms with Crippen molar-refractivity contribution >= 4 is 17.4 Å². The van der Waals surface area contributed by atoms with Gasteiger partial charge in [0.2, 0.25) is 0 Å². The van der Waals surface area contributed by atoms with Gasteiger partial charge in [-0.25, -0.2) is 18.6 Å². The Kier molecular flexibility index (Phi) is 6.92. The van der Waals surface area contributed by atoms with Crippen LogP contribution in [0.4, 0.5) is 13.6 Å². The zero-order valence-electron chi connectivity index (χ0n) is 13.3. The number of carbonyl (C=O) groups excluding carboxylic acids is 1. The van der Waals surface area contributed by atoms with Crippen LogP contribution in [0.25, 0.3) is 0 Å². The second kappa shape index (κ2) is 9.17. The Hall–Kier alpha value is -2.22. The van der Waals surface area contributed by atoms with E-state index in [0.29, 0.717) is 6.54 Å². The van der Waals surface area contributed by atoms with E-state index in [1.54, 1.807) is 11.3 Å². The van der Waals surface area contributed by atoms with E-state index in [0.717, 1.165) is 35.7 Å². The average Bonchev–Trinajstić information content (AvgIpc) is 2.97. The summed E-state index contributed by atoms with van der Waals surface area (Å²) in [5.41, 5.74) is 1.02. The minimum absolute atomic E-state index is 0.164. The van der Waals surface area contributed by atoms with Crippen LogP contribution in [0.15, 0.2) is 23.6 Å². The number of rotatable bonds is 8. The van der Waals surface area contributed by atoms with Gasteiger partial charge in [-0.15, -0.1) is 11.3 Å². The Morgan fingerprint density at radius 2 is 2.04 bits per heavy atom. The van der Waals surface area contributed by atoms with E-state index >= 15 is 0 Å². The lowest BCUT2D eigenvalue weighted by Gasteiger charge is -2.09. The minimum Gasteiger partial charge on any atom is -0.492 e. The summed E-state index contributed by atoms with van der Waals surface area (Å²) in [6.07, 6.45) is 1.64. The summed E-state index contributed by atoms with van der Waals surface area (Å²) >= 11 is 1.62. The van der Waals surface area contributed by atoms with E-state index in [1.807, 2.05) is 12.3 Å². The highest BCUT2D eigenvalue weighted by Gasteiger charge is 2.04. The molecule has 2 rings (SSSR count). The molecule has 0 aliphatic carbocycles. The molecular weight excluding hydrogens is 336 g/mol.